The summed E-state index contributed by atoms with van der Waals surface area (Å²) in [5.41, 5.74) is 1.94. The number of hydrogen-bond donors (Lipinski definition) is 0. The van der Waals surface area contributed by atoms with Gasteiger partial charge in [0.15, 0.2) is 0 Å². The van der Waals surface area contributed by atoms with Crippen molar-refractivity contribution >= 4 is 5.97 Å². The fourth-order valence-electron chi connectivity index (χ4n) is 12.1. The van der Waals surface area contributed by atoms with Gasteiger partial charge in [-0.1, -0.05) is 55.4 Å². The summed E-state index contributed by atoms with van der Waals surface area (Å²) in [6.45, 7) is 22.3. The van der Waals surface area contributed by atoms with Crippen molar-refractivity contribution in [1.82, 2.24) is 0 Å². The van der Waals surface area contributed by atoms with Crippen LogP contribution in [0.1, 0.15) is 127 Å². The number of rotatable bonds is 2. The van der Waals surface area contributed by atoms with Gasteiger partial charge in [-0.2, -0.15) is 0 Å². The van der Waals surface area contributed by atoms with Crippen molar-refractivity contribution in [1.29, 1.82) is 0 Å². The molecule has 194 valence electrons. The first-order valence-corrected chi connectivity index (χ1v) is 14.9. The maximum absolute atomic E-state index is 11.9. The van der Waals surface area contributed by atoms with Crippen molar-refractivity contribution in [2.45, 2.75) is 133 Å². The normalized spacial score (nSPS) is 53.9. The molecule has 0 saturated heterocycles. The SMILES string of the molecule is CC(=O)O[C@@H]1CC[C@@]2(C)[C@@H](CC[C@@]3(C)[C@H]2CC[C@@H]2[C@H]4[C@H](C(C)C)CC[C@]4(C)CC[C@]23C)C1(C)C. The van der Waals surface area contributed by atoms with E-state index in [2.05, 4.69) is 55.4 Å². The summed E-state index contributed by atoms with van der Waals surface area (Å²) in [6.07, 6.45) is 13.8. The van der Waals surface area contributed by atoms with E-state index in [4.69, 9.17) is 4.74 Å². The minimum atomic E-state index is -0.100. The lowest BCUT2D eigenvalue weighted by Gasteiger charge is -2.73. The number of carbonyl (C=O) groups is 1. The first-order chi connectivity index (χ1) is 15.7. The largest absolute Gasteiger partial charge is 0.462 e. The zero-order chi connectivity index (χ0) is 24.9. The number of ether oxygens (including phenoxy) is 1. The summed E-state index contributed by atoms with van der Waals surface area (Å²) >= 11 is 0. The van der Waals surface area contributed by atoms with Crippen LogP contribution in [0, 0.1) is 62.6 Å². The van der Waals surface area contributed by atoms with E-state index in [1.807, 2.05) is 0 Å². The van der Waals surface area contributed by atoms with E-state index in [0.717, 1.165) is 36.0 Å². The minimum absolute atomic E-state index is 0.0665. The molecular weight excluding hydrogens is 416 g/mol. The molecule has 2 heteroatoms. The first kappa shape index (κ1) is 25.1. The van der Waals surface area contributed by atoms with Crippen LogP contribution >= 0.6 is 0 Å². The predicted octanol–water partition coefficient (Wildman–Crippen LogP) is 8.68. The zero-order valence-electron chi connectivity index (χ0n) is 23.9. The third kappa shape index (κ3) is 3.14. The Morgan fingerprint density at radius 1 is 0.765 bits per heavy atom. The van der Waals surface area contributed by atoms with Crippen LogP contribution < -0.4 is 0 Å². The molecule has 5 fully saturated rings. The third-order valence-electron chi connectivity index (χ3n) is 14.0. The molecule has 5 aliphatic carbocycles. The zero-order valence-corrected chi connectivity index (χ0v) is 23.9. The molecule has 0 aliphatic heterocycles. The highest BCUT2D eigenvalue weighted by Crippen LogP contribution is 2.77. The van der Waals surface area contributed by atoms with Crippen LogP contribution in [0.3, 0.4) is 0 Å². The Bertz CT molecular complexity index is 829. The maximum atomic E-state index is 11.9. The molecule has 5 rings (SSSR count). The number of carbonyl (C=O) groups excluding carboxylic acids is 1. The highest BCUT2D eigenvalue weighted by Gasteiger charge is 2.70. The Morgan fingerprint density at radius 2 is 1.47 bits per heavy atom. The molecule has 0 amide bonds. The van der Waals surface area contributed by atoms with Gasteiger partial charge in [0.25, 0.3) is 0 Å². The van der Waals surface area contributed by atoms with Crippen LogP contribution in [0.25, 0.3) is 0 Å². The second kappa shape index (κ2) is 7.74. The van der Waals surface area contributed by atoms with E-state index < -0.39 is 0 Å². The molecule has 0 aromatic rings. The molecule has 0 aromatic heterocycles. The van der Waals surface area contributed by atoms with Crippen molar-refractivity contribution in [3.05, 3.63) is 0 Å². The van der Waals surface area contributed by atoms with Gasteiger partial charge in [0, 0.05) is 12.3 Å². The number of fused-ring (bicyclic) bond motifs is 7. The van der Waals surface area contributed by atoms with Crippen LogP contribution in [0.4, 0.5) is 0 Å². The fraction of sp³-hybridized carbons (Fsp3) is 0.969. The summed E-state index contributed by atoms with van der Waals surface area (Å²) < 4.78 is 5.92. The Hall–Kier alpha value is -0.530. The Balaban J connectivity index is 1.49. The standard InChI is InChI=1S/C32H54O2/c1-20(2)22-12-15-29(6)18-19-31(8)23(27(22)29)10-11-25-30(7)16-14-26(34-21(3)33)28(4,5)24(30)13-17-32(25,31)9/h20,22-27H,10-19H2,1-9H3/t22-,23+,24-,25-,26+,27+,29+,30-,31+,32-/m0/s1. The Labute approximate surface area is 210 Å². The molecular formula is C32H54O2. The summed E-state index contributed by atoms with van der Waals surface area (Å²) in [4.78, 5) is 11.9. The second-order valence-corrected chi connectivity index (χ2v) is 15.8. The third-order valence-corrected chi connectivity index (χ3v) is 14.0. The molecule has 34 heavy (non-hydrogen) atoms. The van der Waals surface area contributed by atoms with Gasteiger partial charge < -0.3 is 4.74 Å². The molecule has 5 saturated carbocycles. The van der Waals surface area contributed by atoms with E-state index in [1.165, 1.54) is 57.8 Å². The summed E-state index contributed by atoms with van der Waals surface area (Å²) in [7, 11) is 0. The monoisotopic (exact) mass is 470 g/mol. The van der Waals surface area contributed by atoms with E-state index in [0.29, 0.717) is 27.6 Å². The van der Waals surface area contributed by atoms with Crippen LogP contribution in [0.5, 0.6) is 0 Å². The maximum Gasteiger partial charge on any atom is 0.302 e. The van der Waals surface area contributed by atoms with Crippen molar-refractivity contribution in [2.75, 3.05) is 0 Å². The van der Waals surface area contributed by atoms with E-state index >= 15 is 0 Å². The van der Waals surface area contributed by atoms with Gasteiger partial charge in [0.1, 0.15) is 6.10 Å². The molecule has 5 aliphatic rings. The molecule has 0 spiro atoms. The van der Waals surface area contributed by atoms with Gasteiger partial charge in [-0.3, -0.25) is 4.79 Å². The highest BCUT2D eigenvalue weighted by molar-refractivity contribution is 5.66. The molecule has 2 nitrogen and oxygen atoms in total. The number of esters is 1. The topological polar surface area (TPSA) is 26.3 Å². The van der Waals surface area contributed by atoms with Gasteiger partial charge in [0.05, 0.1) is 0 Å². The Kier molecular flexibility index (Phi) is 5.72. The average Bonchev–Trinajstić information content (AvgIpc) is 3.08. The Morgan fingerprint density at radius 3 is 2.12 bits per heavy atom. The van der Waals surface area contributed by atoms with Crippen LogP contribution in [0.15, 0.2) is 0 Å². The van der Waals surface area contributed by atoms with E-state index in [1.54, 1.807) is 6.92 Å². The van der Waals surface area contributed by atoms with Crippen LogP contribution in [-0.4, -0.2) is 12.1 Å². The van der Waals surface area contributed by atoms with Crippen molar-refractivity contribution < 1.29 is 9.53 Å². The lowest BCUT2D eigenvalue weighted by molar-refractivity contribution is -0.250. The number of hydrogen-bond acceptors (Lipinski definition) is 2. The predicted molar refractivity (Wildman–Crippen MR) is 140 cm³/mol. The molecule has 0 N–H and O–H groups in total. The van der Waals surface area contributed by atoms with Gasteiger partial charge in [-0.15, -0.1) is 0 Å². The van der Waals surface area contributed by atoms with Gasteiger partial charge >= 0.3 is 5.97 Å². The van der Waals surface area contributed by atoms with Crippen molar-refractivity contribution in [2.24, 2.45) is 62.6 Å². The summed E-state index contributed by atoms with van der Waals surface area (Å²) in [5.74, 6) is 4.96. The average molecular weight is 471 g/mol. The first-order valence-electron chi connectivity index (χ1n) is 14.9. The van der Waals surface area contributed by atoms with Gasteiger partial charge in [-0.25, -0.2) is 0 Å². The van der Waals surface area contributed by atoms with Crippen molar-refractivity contribution in [3.63, 3.8) is 0 Å². The van der Waals surface area contributed by atoms with Crippen LogP contribution in [-0.2, 0) is 9.53 Å². The molecule has 10 atom stereocenters. The summed E-state index contributed by atoms with van der Waals surface area (Å²) in [5, 5.41) is 0. The van der Waals surface area contributed by atoms with Crippen molar-refractivity contribution in [3.8, 4) is 0 Å². The second-order valence-electron chi connectivity index (χ2n) is 15.8. The summed E-state index contributed by atoms with van der Waals surface area (Å²) in [6, 6.07) is 0. The molecule has 0 bridgehead atoms. The quantitative estimate of drug-likeness (QED) is 0.377. The highest BCUT2D eigenvalue weighted by atomic mass is 16.5. The van der Waals surface area contributed by atoms with Crippen LogP contribution in [0.2, 0.25) is 0 Å². The lowest BCUT2D eigenvalue weighted by Crippen LogP contribution is -2.66. The van der Waals surface area contributed by atoms with E-state index in [-0.39, 0.29) is 17.5 Å². The lowest BCUT2D eigenvalue weighted by atomic mass is 9.32. The smallest absolute Gasteiger partial charge is 0.302 e. The minimum Gasteiger partial charge on any atom is -0.462 e. The van der Waals surface area contributed by atoms with Gasteiger partial charge in [0.2, 0.25) is 0 Å². The molecule has 0 aromatic carbocycles. The molecule has 0 unspecified atom stereocenters. The fourth-order valence-corrected chi connectivity index (χ4v) is 12.1. The van der Waals surface area contributed by atoms with Gasteiger partial charge in [-0.05, 0) is 121 Å². The molecule has 0 heterocycles. The van der Waals surface area contributed by atoms with E-state index in [9.17, 15) is 4.79 Å². The molecule has 0 radical (unpaired) electrons.